The molecule has 5 nitrogen and oxygen atoms in total. The molecule has 0 saturated heterocycles. The van der Waals surface area contributed by atoms with Gasteiger partial charge < -0.3 is 10.2 Å². The molecule has 0 spiro atoms. The summed E-state index contributed by atoms with van der Waals surface area (Å²) in [4.78, 5) is 18.6. The first kappa shape index (κ1) is 13.5. The second-order valence-electron chi connectivity index (χ2n) is 2.97. The Labute approximate surface area is 104 Å². The summed E-state index contributed by atoms with van der Waals surface area (Å²) in [6, 6.07) is 2.37. The van der Waals surface area contributed by atoms with Gasteiger partial charge in [-0.05, 0) is 12.1 Å². The molecule has 92 valence electrons. The van der Waals surface area contributed by atoms with E-state index in [0.29, 0.717) is 16.5 Å². The molecule has 1 aromatic heterocycles. The molecule has 0 radical (unpaired) electrons. The van der Waals surface area contributed by atoms with Crippen molar-refractivity contribution in [2.24, 2.45) is 4.99 Å². The molecule has 1 aliphatic heterocycles. The summed E-state index contributed by atoms with van der Waals surface area (Å²) < 4.78 is 0. The summed E-state index contributed by atoms with van der Waals surface area (Å²) in [5.41, 5.74) is 0.353. The number of aromatic hydroxyl groups is 1. The maximum absolute atomic E-state index is 10.7. The van der Waals surface area contributed by atoms with Gasteiger partial charge in [-0.2, -0.15) is 0 Å². The van der Waals surface area contributed by atoms with Crippen LogP contribution in [-0.4, -0.2) is 38.0 Å². The second-order valence-corrected chi connectivity index (χ2v) is 3.98. The van der Waals surface area contributed by atoms with E-state index in [9.17, 15) is 9.90 Å². The number of carbonyl (C=O) groups is 1. The molecule has 6 heteroatoms. The van der Waals surface area contributed by atoms with Crippen molar-refractivity contribution in [2.45, 2.75) is 19.9 Å². The topological polar surface area (TPSA) is 82.8 Å². The number of hydrogen-bond acceptors (Lipinski definition) is 5. The predicted molar refractivity (Wildman–Crippen MR) is 67.7 cm³/mol. The van der Waals surface area contributed by atoms with Crippen molar-refractivity contribution in [3.05, 3.63) is 24.0 Å². The van der Waals surface area contributed by atoms with Crippen LogP contribution in [0.15, 0.2) is 23.3 Å². The highest BCUT2D eigenvalue weighted by Crippen LogP contribution is 2.26. The summed E-state index contributed by atoms with van der Waals surface area (Å²) in [6.45, 7) is 4.00. The van der Waals surface area contributed by atoms with Gasteiger partial charge in [-0.25, -0.2) is 4.79 Å². The quantitative estimate of drug-likeness (QED) is 0.840. The van der Waals surface area contributed by atoms with Crippen LogP contribution < -0.4 is 0 Å². The zero-order valence-electron chi connectivity index (χ0n) is 9.62. The van der Waals surface area contributed by atoms with Crippen LogP contribution in [0.25, 0.3) is 0 Å². The van der Waals surface area contributed by atoms with E-state index in [1.165, 1.54) is 24.0 Å². The van der Waals surface area contributed by atoms with Crippen LogP contribution in [0.2, 0.25) is 0 Å². The monoisotopic (exact) mass is 254 g/mol. The van der Waals surface area contributed by atoms with E-state index < -0.39 is 12.0 Å². The van der Waals surface area contributed by atoms with Crippen molar-refractivity contribution in [3.8, 4) is 5.75 Å². The Hall–Kier alpha value is -1.56. The van der Waals surface area contributed by atoms with Gasteiger partial charge in [0.1, 0.15) is 16.5 Å². The van der Waals surface area contributed by atoms with Gasteiger partial charge in [0.2, 0.25) is 0 Å². The number of carboxylic acid groups (broad SMARTS) is 1. The minimum Gasteiger partial charge on any atom is -0.506 e. The molecule has 1 aromatic rings. The van der Waals surface area contributed by atoms with Gasteiger partial charge in [-0.1, -0.05) is 13.8 Å². The molecule has 0 bridgehead atoms. The Bertz CT molecular complexity index is 434. The summed E-state index contributed by atoms with van der Waals surface area (Å²) in [6.07, 6.45) is 1.53. The smallest absolute Gasteiger partial charge is 0.329 e. The molecular weight excluding hydrogens is 240 g/mol. The maximum Gasteiger partial charge on any atom is 0.329 e. The van der Waals surface area contributed by atoms with Crippen LogP contribution in [0.5, 0.6) is 5.75 Å². The number of carboxylic acids is 1. The van der Waals surface area contributed by atoms with Crippen molar-refractivity contribution in [3.63, 3.8) is 0 Å². The van der Waals surface area contributed by atoms with Gasteiger partial charge in [-0.3, -0.25) is 9.98 Å². The van der Waals surface area contributed by atoms with Crippen LogP contribution in [-0.2, 0) is 4.79 Å². The normalized spacial score (nSPS) is 18.0. The van der Waals surface area contributed by atoms with Gasteiger partial charge >= 0.3 is 5.97 Å². The molecule has 2 N–H and O–H groups in total. The predicted octanol–water partition coefficient (Wildman–Crippen LogP) is 1.76. The molecule has 2 rings (SSSR count). The number of rotatable bonds is 2. The average Bonchev–Trinajstić information content (AvgIpc) is 2.82. The first-order valence-corrected chi connectivity index (χ1v) is 6.25. The van der Waals surface area contributed by atoms with Crippen LogP contribution >= 0.6 is 11.8 Å². The van der Waals surface area contributed by atoms with E-state index in [1.54, 1.807) is 6.07 Å². The number of aliphatic imine (C=N–C) groups is 1. The molecule has 0 aliphatic carbocycles. The molecule has 0 fully saturated rings. The second kappa shape index (κ2) is 6.24. The minimum atomic E-state index is -0.951. The highest BCUT2D eigenvalue weighted by Gasteiger charge is 2.26. The Morgan fingerprint density at radius 3 is 2.76 bits per heavy atom. The van der Waals surface area contributed by atoms with Crippen LogP contribution in [0, 0.1) is 0 Å². The van der Waals surface area contributed by atoms with E-state index in [0.717, 1.165) is 0 Å². The lowest BCUT2D eigenvalue weighted by molar-refractivity contribution is -0.137. The van der Waals surface area contributed by atoms with Crippen LogP contribution in [0.1, 0.15) is 19.5 Å². The standard InChI is InChI=1S/C9H8N2O3S.C2H6/c12-6-2-1-3-10-7(6)8-11-5(4-15-8)9(13)14;1-2/h1-3,5,12H,4H2,(H,13,14);1-2H3/t5-;/m1./s1. The minimum absolute atomic E-state index is 0.0230. The average molecular weight is 254 g/mol. The largest absolute Gasteiger partial charge is 0.506 e. The number of aromatic nitrogens is 1. The first-order valence-electron chi connectivity index (χ1n) is 5.26. The van der Waals surface area contributed by atoms with Crippen LogP contribution in [0.4, 0.5) is 0 Å². The van der Waals surface area contributed by atoms with Crippen molar-refractivity contribution in [1.82, 2.24) is 4.98 Å². The Morgan fingerprint density at radius 2 is 2.24 bits per heavy atom. The maximum atomic E-state index is 10.7. The lowest BCUT2D eigenvalue weighted by atomic mass is 10.3. The third kappa shape index (κ3) is 3.20. The number of thioether (sulfide) groups is 1. The summed E-state index contributed by atoms with van der Waals surface area (Å²) in [7, 11) is 0. The molecular formula is C11H14N2O3S. The molecule has 17 heavy (non-hydrogen) atoms. The van der Waals surface area contributed by atoms with Gasteiger partial charge in [0.05, 0.1) is 0 Å². The van der Waals surface area contributed by atoms with E-state index in [-0.39, 0.29) is 5.75 Å². The van der Waals surface area contributed by atoms with Crippen LogP contribution in [0.3, 0.4) is 0 Å². The van der Waals surface area contributed by atoms with Gasteiger partial charge in [-0.15, -0.1) is 11.8 Å². The summed E-state index contributed by atoms with van der Waals surface area (Å²) >= 11 is 1.29. The Balaban J connectivity index is 0.000000686. The van der Waals surface area contributed by atoms with Gasteiger partial charge in [0.15, 0.2) is 6.04 Å². The van der Waals surface area contributed by atoms with Gasteiger partial charge in [0, 0.05) is 11.9 Å². The van der Waals surface area contributed by atoms with E-state index in [2.05, 4.69) is 9.98 Å². The molecule has 0 saturated carbocycles. The molecule has 1 atom stereocenters. The fourth-order valence-corrected chi connectivity index (χ4v) is 2.22. The SMILES string of the molecule is CC.O=C(O)[C@H]1CSC(c2ncccc2O)=N1. The molecule has 0 amide bonds. The highest BCUT2D eigenvalue weighted by molar-refractivity contribution is 8.14. The third-order valence-corrected chi connectivity index (χ3v) is 2.98. The lowest BCUT2D eigenvalue weighted by Crippen LogP contribution is -2.17. The number of nitrogens with zero attached hydrogens (tertiary/aromatic N) is 2. The Morgan fingerprint density at radius 1 is 1.53 bits per heavy atom. The number of hydrogen-bond donors (Lipinski definition) is 2. The first-order chi connectivity index (χ1) is 8.18. The van der Waals surface area contributed by atoms with Crippen molar-refractivity contribution in [2.75, 3.05) is 5.75 Å². The lowest BCUT2D eigenvalue weighted by Gasteiger charge is -2.00. The summed E-state index contributed by atoms with van der Waals surface area (Å²) in [5.74, 6) is -0.538. The number of pyridine rings is 1. The molecule has 1 aliphatic rings. The fourth-order valence-electron chi connectivity index (χ4n) is 1.19. The van der Waals surface area contributed by atoms with Crippen molar-refractivity contribution < 1.29 is 15.0 Å². The summed E-state index contributed by atoms with van der Waals surface area (Å²) in [5, 5.41) is 18.7. The zero-order valence-corrected chi connectivity index (χ0v) is 10.4. The molecule has 2 heterocycles. The number of aliphatic carboxylic acids is 1. The Kier molecular flexibility index (Phi) is 4.96. The molecule has 0 unspecified atom stereocenters. The molecule has 0 aromatic carbocycles. The van der Waals surface area contributed by atoms with E-state index in [4.69, 9.17) is 5.11 Å². The van der Waals surface area contributed by atoms with Crippen molar-refractivity contribution in [1.29, 1.82) is 0 Å². The third-order valence-electron chi connectivity index (χ3n) is 1.93. The van der Waals surface area contributed by atoms with Gasteiger partial charge in [0.25, 0.3) is 0 Å². The highest BCUT2D eigenvalue weighted by atomic mass is 32.2. The van der Waals surface area contributed by atoms with Crippen molar-refractivity contribution >= 4 is 22.8 Å². The fraction of sp³-hybridized carbons (Fsp3) is 0.364. The zero-order chi connectivity index (χ0) is 12.8. The van der Waals surface area contributed by atoms with E-state index >= 15 is 0 Å². The van der Waals surface area contributed by atoms with E-state index in [1.807, 2.05) is 13.8 Å².